The van der Waals surface area contributed by atoms with Crippen LogP contribution in [0.5, 0.6) is 0 Å². The molecule has 0 fully saturated rings. The molecule has 2 aromatic carbocycles. The quantitative estimate of drug-likeness (QED) is 0.736. The van der Waals surface area contributed by atoms with E-state index < -0.39 is 11.7 Å². The molecule has 3 rings (SSSR count). The number of carbonyl (C=O) groups is 1. The molecule has 0 aliphatic carbocycles. The molecule has 3 aromatic rings. The van der Waals surface area contributed by atoms with Gasteiger partial charge in [0.15, 0.2) is 0 Å². The van der Waals surface area contributed by atoms with Gasteiger partial charge in [0.25, 0.3) is 5.91 Å². The molecule has 1 N–H and O–H groups in total. The Kier molecular flexibility index (Phi) is 5.02. The molecule has 0 saturated carbocycles. The largest absolute Gasteiger partial charge is 0.416 e. The van der Waals surface area contributed by atoms with Crippen molar-refractivity contribution >= 4 is 5.91 Å². The van der Waals surface area contributed by atoms with E-state index in [4.69, 9.17) is 0 Å². The van der Waals surface area contributed by atoms with Crippen molar-refractivity contribution < 1.29 is 18.0 Å². The standard InChI is InChI=1S/C20H15F3N2O/c21-20(22,23)17-5-3-4-14(12-17)13-25-19(26)16-9-7-15(8-10-16)18-6-1-2-11-24-18/h1-12H,13H2,(H,25,26). The summed E-state index contributed by atoms with van der Waals surface area (Å²) in [5.74, 6) is -0.352. The van der Waals surface area contributed by atoms with Gasteiger partial charge in [-0.3, -0.25) is 9.78 Å². The van der Waals surface area contributed by atoms with Gasteiger partial charge in [-0.15, -0.1) is 0 Å². The zero-order valence-electron chi connectivity index (χ0n) is 13.6. The van der Waals surface area contributed by atoms with Crippen LogP contribution in [0, 0.1) is 0 Å². The fraction of sp³-hybridized carbons (Fsp3) is 0.100. The third kappa shape index (κ3) is 4.27. The van der Waals surface area contributed by atoms with Gasteiger partial charge in [0.1, 0.15) is 0 Å². The molecule has 3 nitrogen and oxygen atoms in total. The highest BCUT2D eigenvalue weighted by Gasteiger charge is 2.30. The van der Waals surface area contributed by atoms with E-state index in [0.717, 1.165) is 23.4 Å². The molecular weight excluding hydrogens is 341 g/mol. The highest BCUT2D eigenvalue weighted by atomic mass is 19.4. The Morgan fingerprint density at radius 3 is 2.38 bits per heavy atom. The fourth-order valence-electron chi connectivity index (χ4n) is 2.47. The number of benzene rings is 2. The van der Waals surface area contributed by atoms with Gasteiger partial charge in [0.05, 0.1) is 11.3 Å². The number of hydrogen-bond acceptors (Lipinski definition) is 2. The molecule has 0 unspecified atom stereocenters. The fourth-order valence-corrected chi connectivity index (χ4v) is 2.47. The number of amides is 1. The maximum Gasteiger partial charge on any atom is 0.416 e. The average molecular weight is 356 g/mol. The number of alkyl halides is 3. The molecule has 6 heteroatoms. The lowest BCUT2D eigenvalue weighted by Gasteiger charge is -2.10. The molecule has 1 aromatic heterocycles. The van der Waals surface area contributed by atoms with Gasteiger partial charge in [-0.2, -0.15) is 13.2 Å². The second-order valence-electron chi connectivity index (χ2n) is 5.67. The van der Waals surface area contributed by atoms with Crippen molar-refractivity contribution in [2.45, 2.75) is 12.7 Å². The number of hydrogen-bond donors (Lipinski definition) is 1. The van der Waals surface area contributed by atoms with Crippen molar-refractivity contribution in [3.05, 3.63) is 89.6 Å². The van der Waals surface area contributed by atoms with Crippen molar-refractivity contribution in [1.82, 2.24) is 10.3 Å². The summed E-state index contributed by atoms with van der Waals surface area (Å²) in [6, 6.07) is 17.3. The molecule has 0 atom stereocenters. The van der Waals surface area contributed by atoms with Crippen molar-refractivity contribution in [3.8, 4) is 11.3 Å². The van der Waals surface area contributed by atoms with E-state index in [1.807, 2.05) is 18.2 Å². The number of nitrogens with one attached hydrogen (secondary N) is 1. The smallest absolute Gasteiger partial charge is 0.348 e. The van der Waals surface area contributed by atoms with E-state index in [1.165, 1.54) is 6.07 Å². The molecule has 0 saturated heterocycles. The van der Waals surface area contributed by atoms with E-state index in [1.54, 1.807) is 36.5 Å². The first-order valence-corrected chi connectivity index (χ1v) is 7.89. The Bertz CT molecular complexity index is 891. The van der Waals surface area contributed by atoms with Gasteiger partial charge in [-0.05, 0) is 42.0 Å². The van der Waals surface area contributed by atoms with Gasteiger partial charge in [0.2, 0.25) is 0 Å². The molecule has 0 radical (unpaired) electrons. The Morgan fingerprint density at radius 1 is 0.962 bits per heavy atom. The Labute approximate surface area is 148 Å². The lowest BCUT2D eigenvalue weighted by molar-refractivity contribution is -0.137. The van der Waals surface area contributed by atoms with Gasteiger partial charge < -0.3 is 5.32 Å². The summed E-state index contributed by atoms with van der Waals surface area (Å²) < 4.78 is 38.2. The van der Waals surface area contributed by atoms with Gasteiger partial charge in [-0.25, -0.2) is 0 Å². The van der Waals surface area contributed by atoms with Crippen molar-refractivity contribution in [2.75, 3.05) is 0 Å². The van der Waals surface area contributed by atoms with Gasteiger partial charge in [-0.1, -0.05) is 30.3 Å². The zero-order valence-corrected chi connectivity index (χ0v) is 13.6. The van der Waals surface area contributed by atoms with E-state index in [-0.39, 0.29) is 12.5 Å². The Balaban J connectivity index is 1.65. The summed E-state index contributed by atoms with van der Waals surface area (Å²) in [7, 11) is 0. The number of pyridine rings is 1. The van der Waals surface area contributed by atoms with Gasteiger partial charge >= 0.3 is 6.18 Å². The van der Waals surface area contributed by atoms with Crippen molar-refractivity contribution in [1.29, 1.82) is 0 Å². The van der Waals surface area contributed by atoms with Crippen LogP contribution in [0.15, 0.2) is 72.9 Å². The third-order valence-corrected chi connectivity index (χ3v) is 3.82. The number of nitrogens with zero attached hydrogens (tertiary/aromatic N) is 1. The maximum absolute atomic E-state index is 12.7. The monoisotopic (exact) mass is 356 g/mol. The first-order chi connectivity index (χ1) is 12.4. The molecule has 1 heterocycles. The molecule has 0 spiro atoms. The maximum atomic E-state index is 12.7. The number of carbonyl (C=O) groups excluding carboxylic acids is 1. The Hall–Kier alpha value is -3.15. The summed E-state index contributed by atoms with van der Waals surface area (Å²) in [4.78, 5) is 16.4. The Morgan fingerprint density at radius 2 is 1.73 bits per heavy atom. The van der Waals surface area contributed by atoms with Crippen LogP contribution in [0.3, 0.4) is 0 Å². The number of halogens is 3. The van der Waals surface area contributed by atoms with Crippen LogP contribution < -0.4 is 5.32 Å². The number of rotatable bonds is 4. The molecule has 0 bridgehead atoms. The molecule has 0 aliphatic rings. The van der Waals surface area contributed by atoms with Crippen LogP contribution in [-0.4, -0.2) is 10.9 Å². The second kappa shape index (κ2) is 7.39. The third-order valence-electron chi connectivity index (χ3n) is 3.82. The second-order valence-corrected chi connectivity index (χ2v) is 5.67. The van der Waals surface area contributed by atoms with Crippen LogP contribution >= 0.6 is 0 Å². The predicted octanol–water partition coefficient (Wildman–Crippen LogP) is 4.70. The molecule has 26 heavy (non-hydrogen) atoms. The van der Waals surface area contributed by atoms with Crippen LogP contribution in [0.4, 0.5) is 13.2 Å². The first-order valence-electron chi connectivity index (χ1n) is 7.89. The summed E-state index contributed by atoms with van der Waals surface area (Å²) >= 11 is 0. The lowest BCUT2D eigenvalue weighted by atomic mass is 10.1. The van der Waals surface area contributed by atoms with Crippen molar-refractivity contribution in [2.24, 2.45) is 0 Å². The van der Waals surface area contributed by atoms with E-state index >= 15 is 0 Å². The minimum absolute atomic E-state index is 0.0186. The molecule has 0 aliphatic heterocycles. The van der Waals surface area contributed by atoms with E-state index in [0.29, 0.717) is 11.1 Å². The summed E-state index contributed by atoms with van der Waals surface area (Å²) in [6.45, 7) is 0.0186. The van der Waals surface area contributed by atoms with Crippen LogP contribution in [0.1, 0.15) is 21.5 Å². The molecule has 1 amide bonds. The summed E-state index contributed by atoms with van der Waals surface area (Å²) in [5, 5.41) is 2.63. The first kappa shape index (κ1) is 17.7. The van der Waals surface area contributed by atoms with Crippen LogP contribution in [-0.2, 0) is 12.7 Å². The average Bonchev–Trinajstić information content (AvgIpc) is 2.66. The summed E-state index contributed by atoms with van der Waals surface area (Å²) in [6.07, 6.45) is -2.72. The minimum atomic E-state index is -4.40. The highest BCUT2D eigenvalue weighted by Crippen LogP contribution is 2.29. The topological polar surface area (TPSA) is 42.0 Å². The normalized spacial score (nSPS) is 11.2. The minimum Gasteiger partial charge on any atom is -0.348 e. The van der Waals surface area contributed by atoms with Crippen LogP contribution in [0.2, 0.25) is 0 Å². The molecule has 132 valence electrons. The van der Waals surface area contributed by atoms with E-state index in [2.05, 4.69) is 10.3 Å². The van der Waals surface area contributed by atoms with Crippen molar-refractivity contribution in [3.63, 3.8) is 0 Å². The van der Waals surface area contributed by atoms with Crippen LogP contribution in [0.25, 0.3) is 11.3 Å². The number of aromatic nitrogens is 1. The van der Waals surface area contributed by atoms with E-state index in [9.17, 15) is 18.0 Å². The summed E-state index contributed by atoms with van der Waals surface area (Å²) in [5.41, 5.74) is 1.75. The molecular formula is C20H15F3N2O. The predicted molar refractivity (Wildman–Crippen MR) is 92.3 cm³/mol. The lowest BCUT2D eigenvalue weighted by Crippen LogP contribution is -2.23. The van der Waals surface area contributed by atoms with Gasteiger partial charge in [0, 0.05) is 23.9 Å². The SMILES string of the molecule is O=C(NCc1cccc(C(F)(F)F)c1)c1ccc(-c2ccccn2)cc1. The highest BCUT2D eigenvalue weighted by molar-refractivity contribution is 5.94. The zero-order chi connectivity index (χ0) is 18.6.